The number of aliphatic imine (C=N–C) groups is 1. The molecule has 0 fully saturated rings. The van der Waals surface area contributed by atoms with Crippen molar-refractivity contribution in [2.24, 2.45) is 56.6 Å². The van der Waals surface area contributed by atoms with Crippen LogP contribution in [0.5, 0.6) is 0 Å². The van der Waals surface area contributed by atoms with Gasteiger partial charge in [-0.15, -0.1) is 0 Å². The standard InChI is InChI=1S/C9H11NO2.C6H14N4O2.C6H14N2O2.C4H8N2O3.C2H5NO2/c10-8(9(11)12)6-7-4-2-1-3-5-7;7-4(5(11)12)2-1-3-10-6(8)9;7-4-2-1-3-5(8)6(9)10;5-2(4(8)9)1-3(6)7;3-1-2(4)5/h1-5,8H,6,10H2,(H,11,12);4H,1-3,7H2,(H,11,12)(H4,8,9,10);5H,1-4,7-8H2,(H,9,10);2H,1,5H2,(H2,6,7)(H,8,9);1,3H2,(H,4,5)/t8-;4-;5-;2-;/m1000./s1. The van der Waals surface area contributed by atoms with Gasteiger partial charge in [-0.2, -0.15) is 0 Å². The minimum absolute atomic E-state index is 0.0129. The number of carbonyl (C=O) groups excluding carboxylic acids is 1. The van der Waals surface area contributed by atoms with Crippen LogP contribution in [0.25, 0.3) is 0 Å². The molecule has 48 heavy (non-hydrogen) atoms. The smallest absolute Gasteiger partial charge is 0.321 e. The van der Waals surface area contributed by atoms with Crippen LogP contribution in [0.3, 0.4) is 0 Å². The fraction of sp³-hybridized carbons (Fsp3) is 0.519. The molecule has 0 aliphatic carbocycles. The fourth-order valence-electron chi connectivity index (χ4n) is 2.53. The molecular weight excluding hydrogens is 640 g/mol. The number of unbranched alkanes of at least 4 members (excludes halogenated alkanes) is 1. The third kappa shape index (κ3) is 39.1. The van der Waals surface area contributed by atoms with Crippen LogP contribution in [0.15, 0.2) is 35.3 Å². The molecule has 1 aromatic rings. The Bertz CT molecular complexity index is 1090. The molecule has 0 spiro atoms. The van der Waals surface area contributed by atoms with Gasteiger partial charge in [-0.05, 0) is 44.2 Å². The second-order valence-electron chi connectivity index (χ2n) is 9.47. The van der Waals surface area contributed by atoms with Crippen LogP contribution in [0.2, 0.25) is 0 Å². The number of benzene rings is 1. The SMILES string of the molecule is NC(=O)C[C@H](N)C(=O)O.NC(N)=NCCC[C@H](N)C(=O)O.NCC(=O)O.NCCCC[C@H](N)C(=O)O.N[C@H](Cc1ccccc1)C(=O)O. The van der Waals surface area contributed by atoms with Gasteiger partial charge in [-0.1, -0.05) is 36.8 Å². The second kappa shape index (κ2) is 32.0. The molecule has 21 heteroatoms. The van der Waals surface area contributed by atoms with Crippen molar-refractivity contribution in [3.63, 3.8) is 0 Å². The molecule has 0 aliphatic rings. The summed E-state index contributed by atoms with van der Waals surface area (Å²) in [5.74, 6) is -5.77. The minimum Gasteiger partial charge on any atom is -0.480 e. The van der Waals surface area contributed by atoms with E-state index < -0.39 is 59.9 Å². The van der Waals surface area contributed by atoms with Gasteiger partial charge in [0.05, 0.1) is 13.0 Å². The van der Waals surface area contributed by atoms with Crippen LogP contribution in [0, 0.1) is 0 Å². The van der Waals surface area contributed by atoms with E-state index >= 15 is 0 Å². The average molecular weight is 693 g/mol. The Morgan fingerprint density at radius 2 is 1.04 bits per heavy atom. The van der Waals surface area contributed by atoms with Crippen molar-refractivity contribution in [1.29, 1.82) is 0 Å². The van der Waals surface area contributed by atoms with Crippen molar-refractivity contribution in [2.75, 3.05) is 19.6 Å². The van der Waals surface area contributed by atoms with E-state index in [0.717, 1.165) is 18.4 Å². The molecule has 0 saturated heterocycles. The van der Waals surface area contributed by atoms with Crippen molar-refractivity contribution in [1.82, 2.24) is 0 Å². The zero-order valence-electron chi connectivity index (χ0n) is 26.6. The molecule has 0 aromatic heterocycles. The first-order valence-electron chi connectivity index (χ1n) is 14.2. The molecule has 0 saturated carbocycles. The maximum absolute atomic E-state index is 10.4. The van der Waals surface area contributed by atoms with Gasteiger partial charge in [-0.3, -0.25) is 33.8 Å². The molecule has 1 aromatic carbocycles. The van der Waals surface area contributed by atoms with E-state index in [9.17, 15) is 28.8 Å². The highest BCUT2D eigenvalue weighted by Crippen LogP contribution is 2.01. The van der Waals surface area contributed by atoms with E-state index in [1.807, 2.05) is 30.3 Å². The molecule has 21 nitrogen and oxygen atoms in total. The minimum atomic E-state index is -1.21. The van der Waals surface area contributed by atoms with Gasteiger partial charge in [0.25, 0.3) is 0 Å². The maximum atomic E-state index is 10.4. The first kappa shape index (κ1) is 49.9. The lowest BCUT2D eigenvalue weighted by Crippen LogP contribution is -2.34. The van der Waals surface area contributed by atoms with Gasteiger partial charge >= 0.3 is 29.8 Å². The lowest BCUT2D eigenvalue weighted by molar-refractivity contribution is -0.140. The number of carboxylic acids is 5. The van der Waals surface area contributed by atoms with Gasteiger partial charge in [0.1, 0.15) is 24.2 Å². The van der Waals surface area contributed by atoms with Crippen molar-refractivity contribution >= 4 is 41.7 Å². The molecule has 0 heterocycles. The van der Waals surface area contributed by atoms with Crippen molar-refractivity contribution < 1.29 is 54.3 Å². The number of carboxylic acid groups (broad SMARTS) is 5. The number of amides is 1. The van der Waals surface area contributed by atoms with E-state index in [1.54, 1.807) is 0 Å². The highest BCUT2D eigenvalue weighted by atomic mass is 16.4. The quantitative estimate of drug-likeness (QED) is 0.0419. The predicted octanol–water partition coefficient (Wildman–Crippen LogP) is -4.08. The number of primary amides is 1. The molecule has 1 amide bonds. The second-order valence-corrected chi connectivity index (χ2v) is 9.47. The third-order valence-electron chi connectivity index (χ3n) is 5.10. The Kier molecular flexibility index (Phi) is 33.3. The van der Waals surface area contributed by atoms with E-state index in [2.05, 4.69) is 16.5 Å². The van der Waals surface area contributed by atoms with E-state index in [1.165, 1.54) is 0 Å². The fourth-order valence-corrected chi connectivity index (χ4v) is 2.53. The van der Waals surface area contributed by atoms with Gasteiger partial charge in [0.15, 0.2) is 5.96 Å². The van der Waals surface area contributed by atoms with Crippen molar-refractivity contribution in [3.8, 4) is 0 Å². The summed E-state index contributed by atoms with van der Waals surface area (Å²) in [6.45, 7) is 0.746. The summed E-state index contributed by atoms with van der Waals surface area (Å²) in [7, 11) is 0. The molecule has 0 radical (unpaired) electrons. The predicted molar refractivity (Wildman–Crippen MR) is 176 cm³/mol. The molecule has 276 valence electrons. The number of nitrogens with two attached hydrogens (primary N) is 9. The van der Waals surface area contributed by atoms with Crippen LogP contribution in [-0.2, 0) is 35.2 Å². The topological polar surface area (TPSA) is 450 Å². The number of rotatable bonds is 17. The molecule has 0 bridgehead atoms. The first-order valence-corrected chi connectivity index (χ1v) is 14.2. The number of hydrogen-bond donors (Lipinski definition) is 14. The lowest BCUT2D eigenvalue weighted by atomic mass is 10.1. The maximum Gasteiger partial charge on any atom is 0.321 e. The lowest BCUT2D eigenvalue weighted by Gasteiger charge is -2.04. The number of guanidine groups is 1. The van der Waals surface area contributed by atoms with E-state index in [4.69, 9.17) is 65.7 Å². The summed E-state index contributed by atoms with van der Waals surface area (Å²) in [4.78, 5) is 63.6. The Morgan fingerprint density at radius 3 is 1.35 bits per heavy atom. The van der Waals surface area contributed by atoms with Crippen molar-refractivity contribution in [3.05, 3.63) is 35.9 Å². The highest BCUT2D eigenvalue weighted by Gasteiger charge is 2.13. The van der Waals surface area contributed by atoms with Crippen LogP contribution < -0.4 is 51.6 Å². The monoisotopic (exact) mass is 692 g/mol. The van der Waals surface area contributed by atoms with Gasteiger partial charge in [-0.25, -0.2) is 0 Å². The Labute approximate surface area is 277 Å². The third-order valence-corrected chi connectivity index (χ3v) is 5.10. The van der Waals surface area contributed by atoms with Crippen LogP contribution in [0.1, 0.15) is 44.1 Å². The summed E-state index contributed by atoms with van der Waals surface area (Å²) < 4.78 is 0. The summed E-state index contributed by atoms with van der Waals surface area (Å²) in [5, 5.41) is 40.9. The zero-order valence-corrected chi connectivity index (χ0v) is 26.6. The normalized spacial score (nSPS) is 12.0. The number of hydrogen-bond acceptors (Lipinski definition) is 13. The largest absolute Gasteiger partial charge is 0.480 e. The number of aliphatic carboxylic acids is 5. The molecule has 0 aliphatic heterocycles. The summed E-state index contributed by atoms with van der Waals surface area (Å²) in [6, 6.07) is 5.84. The summed E-state index contributed by atoms with van der Waals surface area (Å²) in [5.41, 5.74) is 46.2. The average Bonchev–Trinajstić information content (AvgIpc) is 3.00. The van der Waals surface area contributed by atoms with Crippen LogP contribution >= 0.6 is 0 Å². The Balaban J connectivity index is -0.000000258. The van der Waals surface area contributed by atoms with Crippen LogP contribution in [-0.4, -0.2) is 111 Å². The van der Waals surface area contributed by atoms with Crippen molar-refractivity contribution in [2.45, 2.75) is 69.1 Å². The molecule has 4 atom stereocenters. The molecular formula is C27H52N10O11. The Morgan fingerprint density at radius 1 is 0.625 bits per heavy atom. The molecule has 23 N–H and O–H groups in total. The van der Waals surface area contributed by atoms with Gasteiger partial charge < -0.3 is 77.1 Å². The van der Waals surface area contributed by atoms with Crippen LogP contribution in [0.4, 0.5) is 0 Å². The summed E-state index contributed by atoms with van der Waals surface area (Å²) in [6.07, 6.45) is 3.19. The highest BCUT2D eigenvalue weighted by molar-refractivity contribution is 5.83. The Hall–Kier alpha value is -4.93. The zero-order chi connectivity index (χ0) is 38.2. The number of nitrogens with zero attached hydrogens (tertiary/aromatic N) is 1. The molecule has 1 rings (SSSR count). The van der Waals surface area contributed by atoms with E-state index in [-0.39, 0.29) is 18.9 Å². The first-order chi connectivity index (χ1) is 22.2. The number of carbonyl (C=O) groups is 6. The van der Waals surface area contributed by atoms with Gasteiger partial charge in [0.2, 0.25) is 5.91 Å². The van der Waals surface area contributed by atoms with E-state index in [0.29, 0.717) is 38.8 Å². The van der Waals surface area contributed by atoms with Gasteiger partial charge in [0, 0.05) is 6.54 Å². The summed E-state index contributed by atoms with van der Waals surface area (Å²) >= 11 is 0. The molecule has 0 unspecified atom stereocenters.